The molecule has 1 fully saturated rings. The van der Waals surface area contributed by atoms with Crippen LogP contribution >= 0.6 is 11.3 Å². The second kappa shape index (κ2) is 6.28. The van der Waals surface area contributed by atoms with Gasteiger partial charge in [-0.25, -0.2) is 0 Å². The van der Waals surface area contributed by atoms with Gasteiger partial charge in [-0.05, 0) is 54.1 Å². The first-order chi connectivity index (χ1) is 9.83. The average Bonchev–Trinajstić information content (AvgIpc) is 2.93. The van der Waals surface area contributed by atoms with Gasteiger partial charge in [0.05, 0.1) is 0 Å². The van der Waals surface area contributed by atoms with E-state index in [1.165, 1.54) is 47.8 Å². The summed E-state index contributed by atoms with van der Waals surface area (Å²) >= 11 is 1.89. The molecule has 0 radical (unpaired) electrons. The first kappa shape index (κ1) is 14.1. The summed E-state index contributed by atoms with van der Waals surface area (Å²) in [6.07, 6.45) is 6.97. The number of fused-ring (bicyclic) bond motifs is 1. The van der Waals surface area contributed by atoms with Gasteiger partial charge in [-0.3, -0.25) is 0 Å². The van der Waals surface area contributed by atoms with Gasteiger partial charge in [-0.15, -0.1) is 11.3 Å². The Labute approximate surface area is 126 Å². The third-order valence-electron chi connectivity index (χ3n) is 5.03. The fourth-order valence-corrected chi connectivity index (χ4v) is 4.89. The molecule has 2 heteroatoms. The van der Waals surface area contributed by atoms with Crippen molar-refractivity contribution in [2.24, 2.45) is 11.8 Å². The van der Waals surface area contributed by atoms with Crippen molar-refractivity contribution in [1.29, 1.82) is 0 Å². The molecule has 1 aromatic carbocycles. The molecular formula is C18H25NS. The monoisotopic (exact) mass is 287 g/mol. The number of thiophene rings is 1. The van der Waals surface area contributed by atoms with Crippen molar-refractivity contribution >= 4 is 21.4 Å². The molecular weight excluding hydrogens is 262 g/mol. The zero-order valence-electron chi connectivity index (χ0n) is 12.6. The van der Waals surface area contributed by atoms with Crippen molar-refractivity contribution in [1.82, 2.24) is 5.32 Å². The van der Waals surface area contributed by atoms with Crippen molar-refractivity contribution in [3.05, 3.63) is 35.2 Å². The van der Waals surface area contributed by atoms with Crippen LogP contribution in [-0.4, -0.2) is 7.05 Å². The Morgan fingerprint density at radius 1 is 1.30 bits per heavy atom. The molecule has 0 saturated heterocycles. The highest BCUT2D eigenvalue weighted by molar-refractivity contribution is 7.17. The third-order valence-corrected chi connectivity index (χ3v) is 6.01. The van der Waals surface area contributed by atoms with Gasteiger partial charge in [0.2, 0.25) is 0 Å². The van der Waals surface area contributed by atoms with Crippen LogP contribution < -0.4 is 5.32 Å². The lowest BCUT2D eigenvalue weighted by Crippen LogP contribution is -2.29. The molecule has 1 saturated carbocycles. The van der Waals surface area contributed by atoms with Crippen LogP contribution in [0, 0.1) is 11.8 Å². The summed E-state index contributed by atoms with van der Waals surface area (Å²) in [6, 6.07) is 9.36. The molecule has 0 spiro atoms. The van der Waals surface area contributed by atoms with Gasteiger partial charge in [0.15, 0.2) is 0 Å². The smallest absolute Gasteiger partial charge is 0.0360 e. The molecule has 2 aromatic rings. The van der Waals surface area contributed by atoms with E-state index in [0.29, 0.717) is 6.04 Å². The second-order valence-corrected chi connectivity index (χ2v) is 7.07. The predicted molar refractivity (Wildman–Crippen MR) is 89.4 cm³/mol. The van der Waals surface area contributed by atoms with Crippen molar-refractivity contribution in [3.63, 3.8) is 0 Å². The zero-order valence-corrected chi connectivity index (χ0v) is 13.4. The summed E-state index contributed by atoms with van der Waals surface area (Å²) in [5.74, 6) is 1.74. The van der Waals surface area contributed by atoms with Crippen LogP contribution in [0.2, 0.25) is 0 Å². The summed E-state index contributed by atoms with van der Waals surface area (Å²) in [7, 11) is 2.13. The van der Waals surface area contributed by atoms with Crippen molar-refractivity contribution < 1.29 is 0 Å². The molecule has 1 aliphatic carbocycles. The van der Waals surface area contributed by atoms with E-state index in [1.54, 1.807) is 0 Å². The van der Waals surface area contributed by atoms with E-state index in [0.717, 1.165) is 11.8 Å². The number of hydrogen-bond acceptors (Lipinski definition) is 2. The Kier molecular flexibility index (Phi) is 4.42. The maximum atomic E-state index is 3.62. The van der Waals surface area contributed by atoms with Crippen LogP contribution in [0.15, 0.2) is 29.6 Å². The minimum absolute atomic E-state index is 0.528. The molecule has 0 aliphatic heterocycles. The molecule has 20 heavy (non-hydrogen) atoms. The van der Waals surface area contributed by atoms with Crippen LogP contribution in [-0.2, 0) is 0 Å². The fraction of sp³-hybridized carbons (Fsp3) is 0.556. The molecule has 3 unspecified atom stereocenters. The Morgan fingerprint density at radius 3 is 2.95 bits per heavy atom. The van der Waals surface area contributed by atoms with E-state index in [2.05, 4.69) is 48.9 Å². The van der Waals surface area contributed by atoms with Crippen LogP contribution in [0.4, 0.5) is 0 Å². The van der Waals surface area contributed by atoms with Crippen molar-refractivity contribution in [3.8, 4) is 0 Å². The second-order valence-electron chi connectivity index (χ2n) is 6.15. The zero-order chi connectivity index (χ0) is 13.9. The number of hydrogen-bond donors (Lipinski definition) is 1. The Hall–Kier alpha value is -0.860. The van der Waals surface area contributed by atoms with Crippen LogP contribution in [0.5, 0.6) is 0 Å². The maximum absolute atomic E-state index is 3.62. The van der Waals surface area contributed by atoms with Gasteiger partial charge in [0.1, 0.15) is 0 Å². The molecule has 1 N–H and O–H groups in total. The number of rotatable bonds is 4. The van der Waals surface area contributed by atoms with Gasteiger partial charge in [0, 0.05) is 10.7 Å². The van der Waals surface area contributed by atoms with Crippen molar-refractivity contribution in [2.45, 2.75) is 45.1 Å². The molecule has 0 bridgehead atoms. The van der Waals surface area contributed by atoms with Crippen LogP contribution in [0.3, 0.4) is 0 Å². The Balaban J connectivity index is 1.89. The molecule has 108 valence electrons. The van der Waals surface area contributed by atoms with Gasteiger partial charge < -0.3 is 5.32 Å². The Morgan fingerprint density at radius 2 is 2.15 bits per heavy atom. The van der Waals surface area contributed by atoms with E-state index in [-0.39, 0.29) is 0 Å². The standard InChI is InChI=1S/C18H25NS/c1-3-13-7-6-8-14(11-13)18(19-2)16-12-20-17-10-5-4-9-15(16)17/h4-5,9-10,12-14,18-19H,3,6-8,11H2,1-2H3. The molecule has 3 rings (SSSR count). The molecule has 1 nitrogen and oxygen atoms in total. The predicted octanol–water partition coefficient (Wildman–Crippen LogP) is 5.38. The topological polar surface area (TPSA) is 12.0 Å². The summed E-state index contributed by atoms with van der Waals surface area (Å²) in [6.45, 7) is 2.35. The minimum Gasteiger partial charge on any atom is -0.313 e. The summed E-state index contributed by atoms with van der Waals surface area (Å²) in [5.41, 5.74) is 1.52. The van der Waals surface area contributed by atoms with Crippen molar-refractivity contribution in [2.75, 3.05) is 7.05 Å². The summed E-state index contributed by atoms with van der Waals surface area (Å²) in [4.78, 5) is 0. The van der Waals surface area contributed by atoms with E-state index in [4.69, 9.17) is 0 Å². The van der Waals surface area contributed by atoms with E-state index >= 15 is 0 Å². The van der Waals surface area contributed by atoms with Crippen LogP contribution in [0.1, 0.15) is 50.6 Å². The lowest BCUT2D eigenvalue weighted by Gasteiger charge is -2.34. The average molecular weight is 287 g/mol. The van der Waals surface area contributed by atoms with Gasteiger partial charge in [-0.1, -0.05) is 44.4 Å². The minimum atomic E-state index is 0.528. The van der Waals surface area contributed by atoms with Gasteiger partial charge in [0.25, 0.3) is 0 Å². The fourth-order valence-electron chi connectivity index (χ4n) is 3.89. The molecule has 1 heterocycles. The largest absolute Gasteiger partial charge is 0.313 e. The normalized spacial score (nSPS) is 24.9. The maximum Gasteiger partial charge on any atom is 0.0360 e. The van der Waals surface area contributed by atoms with E-state index in [9.17, 15) is 0 Å². The van der Waals surface area contributed by atoms with E-state index in [1.807, 2.05) is 11.3 Å². The Bertz CT molecular complexity index is 559. The van der Waals surface area contributed by atoms with E-state index < -0.39 is 0 Å². The molecule has 0 amide bonds. The molecule has 1 aromatic heterocycles. The third kappa shape index (κ3) is 2.64. The first-order valence-electron chi connectivity index (χ1n) is 7.96. The molecule has 1 aliphatic rings. The highest BCUT2D eigenvalue weighted by atomic mass is 32.1. The van der Waals surface area contributed by atoms with Gasteiger partial charge >= 0.3 is 0 Å². The first-order valence-corrected chi connectivity index (χ1v) is 8.84. The summed E-state index contributed by atoms with van der Waals surface area (Å²) < 4.78 is 1.42. The quantitative estimate of drug-likeness (QED) is 0.796. The lowest BCUT2D eigenvalue weighted by molar-refractivity contribution is 0.215. The van der Waals surface area contributed by atoms with Crippen LogP contribution in [0.25, 0.3) is 10.1 Å². The highest BCUT2D eigenvalue weighted by Gasteiger charge is 2.29. The number of benzene rings is 1. The van der Waals surface area contributed by atoms with Gasteiger partial charge in [-0.2, -0.15) is 0 Å². The number of nitrogens with one attached hydrogen (secondary N) is 1. The molecule has 3 atom stereocenters. The SMILES string of the molecule is CCC1CCCC(C(NC)c2csc3ccccc23)C1. The summed E-state index contributed by atoms with van der Waals surface area (Å²) in [5, 5.41) is 7.45. The lowest BCUT2D eigenvalue weighted by atomic mass is 9.75. The highest BCUT2D eigenvalue weighted by Crippen LogP contribution is 2.41.